The summed E-state index contributed by atoms with van der Waals surface area (Å²) in [4.78, 5) is 12.0. The second kappa shape index (κ2) is 5.11. The summed E-state index contributed by atoms with van der Waals surface area (Å²) in [5.74, 6) is 1.47. The van der Waals surface area contributed by atoms with Gasteiger partial charge in [-0.3, -0.25) is 0 Å². The fraction of sp³-hybridized carbons (Fsp3) is 0.667. The number of nitrogens with one attached hydrogen (secondary N) is 2. The van der Waals surface area contributed by atoms with E-state index in [-0.39, 0.29) is 11.3 Å². The molecule has 15 heavy (non-hydrogen) atoms. The molecule has 1 heterocycles. The summed E-state index contributed by atoms with van der Waals surface area (Å²) in [5, 5.41) is 6.18. The molecule has 1 atom stereocenters. The van der Waals surface area contributed by atoms with Crippen LogP contribution in [0, 0.1) is 5.92 Å². The molecule has 0 aliphatic heterocycles. The minimum atomic E-state index is 0.188. The molecule has 0 bridgehead atoms. The van der Waals surface area contributed by atoms with Crippen molar-refractivity contribution in [1.82, 2.24) is 15.0 Å². The van der Waals surface area contributed by atoms with Crippen LogP contribution in [0.2, 0.25) is 5.28 Å². The second-order valence-corrected chi connectivity index (χ2v) is 4.02. The van der Waals surface area contributed by atoms with E-state index in [1.807, 2.05) is 0 Å². The van der Waals surface area contributed by atoms with Crippen LogP contribution in [0.25, 0.3) is 0 Å². The largest absolute Gasteiger partial charge is 0.357 e. The Bertz CT molecular complexity index is 328. The molecule has 0 saturated heterocycles. The highest BCUT2D eigenvalue weighted by Crippen LogP contribution is 2.12. The standard InChI is InChI=1S/C9H16ClN5/c1-5(2)6(3)12-9-14-7(10)13-8(11-4)15-9/h5-6H,1-4H3,(H2,11,12,13,14,15). The van der Waals surface area contributed by atoms with Gasteiger partial charge < -0.3 is 10.6 Å². The van der Waals surface area contributed by atoms with Gasteiger partial charge in [-0.1, -0.05) is 13.8 Å². The average molecular weight is 230 g/mol. The van der Waals surface area contributed by atoms with Crippen molar-refractivity contribution in [3.8, 4) is 0 Å². The van der Waals surface area contributed by atoms with Gasteiger partial charge in [-0.25, -0.2) is 0 Å². The van der Waals surface area contributed by atoms with Gasteiger partial charge in [0.25, 0.3) is 0 Å². The average Bonchev–Trinajstić information content (AvgIpc) is 2.16. The fourth-order valence-corrected chi connectivity index (χ4v) is 1.06. The third kappa shape index (κ3) is 3.51. The van der Waals surface area contributed by atoms with Gasteiger partial charge in [0.2, 0.25) is 17.2 Å². The van der Waals surface area contributed by atoms with Crippen LogP contribution < -0.4 is 10.6 Å². The number of anilines is 2. The molecule has 0 radical (unpaired) electrons. The molecule has 0 fully saturated rings. The van der Waals surface area contributed by atoms with E-state index in [2.05, 4.69) is 46.4 Å². The summed E-state index contributed by atoms with van der Waals surface area (Å²) in [5.41, 5.74) is 0. The zero-order chi connectivity index (χ0) is 11.4. The number of aromatic nitrogens is 3. The number of hydrogen-bond donors (Lipinski definition) is 2. The maximum absolute atomic E-state index is 5.75. The van der Waals surface area contributed by atoms with E-state index < -0.39 is 0 Å². The lowest BCUT2D eigenvalue weighted by molar-refractivity contribution is 0.556. The molecule has 1 aromatic rings. The van der Waals surface area contributed by atoms with Gasteiger partial charge in [0.1, 0.15) is 0 Å². The van der Waals surface area contributed by atoms with Crippen molar-refractivity contribution < 1.29 is 0 Å². The second-order valence-electron chi connectivity index (χ2n) is 3.68. The van der Waals surface area contributed by atoms with Crippen LogP contribution in [0.4, 0.5) is 11.9 Å². The van der Waals surface area contributed by atoms with Gasteiger partial charge in [0.05, 0.1) is 0 Å². The summed E-state index contributed by atoms with van der Waals surface area (Å²) in [6.07, 6.45) is 0. The summed E-state index contributed by atoms with van der Waals surface area (Å²) >= 11 is 5.75. The molecule has 0 amide bonds. The molecule has 1 rings (SSSR count). The van der Waals surface area contributed by atoms with Crippen molar-refractivity contribution in [3.63, 3.8) is 0 Å². The van der Waals surface area contributed by atoms with Crippen LogP contribution in [-0.2, 0) is 0 Å². The third-order valence-corrected chi connectivity index (χ3v) is 2.36. The van der Waals surface area contributed by atoms with Gasteiger partial charge in [0.15, 0.2) is 0 Å². The van der Waals surface area contributed by atoms with E-state index in [4.69, 9.17) is 11.6 Å². The lowest BCUT2D eigenvalue weighted by Gasteiger charge is -2.17. The highest BCUT2D eigenvalue weighted by Gasteiger charge is 2.10. The normalized spacial score (nSPS) is 12.7. The number of rotatable bonds is 4. The van der Waals surface area contributed by atoms with E-state index in [0.717, 1.165) is 0 Å². The zero-order valence-corrected chi connectivity index (χ0v) is 10.1. The molecule has 2 N–H and O–H groups in total. The first kappa shape index (κ1) is 12.0. The molecule has 1 unspecified atom stereocenters. The predicted molar refractivity (Wildman–Crippen MR) is 62.3 cm³/mol. The molecule has 0 aromatic carbocycles. The molecule has 0 aliphatic carbocycles. The highest BCUT2D eigenvalue weighted by atomic mass is 35.5. The third-order valence-electron chi connectivity index (χ3n) is 2.19. The molecular formula is C9H16ClN5. The van der Waals surface area contributed by atoms with Crippen LogP contribution in [0.3, 0.4) is 0 Å². The maximum atomic E-state index is 5.75. The van der Waals surface area contributed by atoms with E-state index >= 15 is 0 Å². The van der Waals surface area contributed by atoms with Gasteiger partial charge in [0, 0.05) is 13.1 Å². The van der Waals surface area contributed by atoms with Gasteiger partial charge in [-0.05, 0) is 24.4 Å². The number of hydrogen-bond acceptors (Lipinski definition) is 5. The monoisotopic (exact) mass is 229 g/mol. The molecule has 0 aliphatic rings. The maximum Gasteiger partial charge on any atom is 0.229 e. The van der Waals surface area contributed by atoms with Crippen molar-refractivity contribution in [2.75, 3.05) is 17.7 Å². The minimum Gasteiger partial charge on any atom is -0.357 e. The molecule has 6 heteroatoms. The Morgan fingerprint density at radius 3 is 2.20 bits per heavy atom. The first-order valence-corrected chi connectivity index (χ1v) is 5.26. The molecule has 84 valence electrons. The Balaban J connectivity index is 2.80. The lowest BCUT2D eigenvalue weighted by atomic mass is 10.1. The number of nitrogens with zero attached hydrogens (tertiary/aromatic N) is 3. The Hall–Kier alpha value is -1.10. The van der Waals surface area contributed by atoms with Crippen molar-refractivity contribution in [2.24, 2.45) is 5.92 Å². The fourth-order valence-electron chi connectivity index (χ4n) is 0.897. The van der Waals surface area contributed by atoms with Crippen LogP contribution >= 0.6 is 11.6 Å². The Morgan fingerprint density at radius 2 is 1.67 bits per heavy atom. The van der Waals surface area contributed by atoms with E-state index in [1.54, 1.807) is 7.05 Å². The van der Waals surface area contributed by atoms with Crippen molar-refractivity contribution >= 4 is 23.5 Å². The quantitative estimate of drug-likeness (QED) is 0.827. The number of halogens is 1. The summed E-state index contributed by atoms with van der Waals surface area (Å²) in [6.45, 7) is 6.32. The topological polar surface area (TPSA) is 62.7 Å². The van der Waals surface area contributed by atoms with Crippen LogP contribution in [0.5, 0.6) is 0 Å². The van der Waals surface area contributed by atoms with E-state index in [0.29, 0.717) is 17.8 Å². The van der Waals surface area contributed by atoms with Crippen LogP contribution in [0.1, 0.15) is 20.8 Å². The highest BCUT2D eigenvalue weighted by molar-refractivity contribution is 6.28. The predicted octanol–water partition coefficient (Wildman–Crippen LogP) is 2.02. The van der Waals surface area contributed by atoms with Gasteiger partial charge in [-0.15, -0.1) is 0 Å². The van der Waals surface area contributed by atoms with Crippen LogP contribution in [0.15, 0.2) is 0 Å². The summed E-state index contributed by atoms with van der Waals surface area (Å²) < 4.78 is 0. The SMILES string of the molecule is CNc1nc(Cl)nc(NC(C)C(C)C)n1. The first-order chi connectivity index (χ1) is 7.02. The Morgan fingerprint density at radius 1 is 1.07 bits per heavy atom. The molecule has 0 spiro atoms. The van der Waals surface area contributed by atoms with Gasteiger partial charge in [-0.2, -0.15) is 15.0 Å². The summed E-state index contributed by atoms with van der Waals surface area (Å²) in [6, 6.07) is 0.285. The Kier molecular flexibility index (Phi) is 4.08. The Labute approximate surface area is 94.7 Å². The van der Waals surface area contributed by atoms with E-state index in [9.17, 15) is 0 Å². The van der Waals surface area contributed by atoms with E-state index in [1.165, 1.54) is 0 Å². The van der Waals surface area contributed by atoms with Crippen molar-refractivity contribution in [1.29, 1.82) is 0 Å². The molecule has 5 nitrogen and oxygen atoms in total. The van der Waals surface area contributed by atoms with Crippen LogP contribution in [-0.4, -0.2) is 28.0 Å². The zero-order valence-electron chi connectivity index (χ0n) is 9.37. The lowest BCUT2D eigenvalue weighted by Crippen LogP contribution is -2.23. The first-order valence-electron chi connectivity index (χ1n) is 4.88. The van der Waals surface area contributed by atoms with Gasteiger partial charge >= 0.3 is 0 Å². The molecule has 0 saturated carbocycles. The smallest absolute Gasteiger partial charge is 0.229 e. The summed E-state index contributed by atoms with van der Waals surface area (Å²) in [7, 11) is 1.74. The minimum absolute atomic E-state index is 0.188. The van der Waals surface area contributed by atoms with Crippen molar-refractivity contribution in [2.45, 2.75) is 26.8 Å². The van der Waals surface area contributed by atoms with Crippen molar-refractivity contribution in [3.05, 3.63) is 5.28 Å². The molecule has 1 aromatic heterocycles. The molecular weight excluding hydrogens is 214 g/mol.